The van der Waals surface area contributed by atoms with Gasteiger partial charge >= 0.3 is 0 Å². The Hall–Kier alpha value is -0.850. The molecule has 2 aromatic rings. The lowest BCUT2D eigenvalue weighted by atomic mass is 10.5. The Morgan fingerprint density at radius 3 is 3.31 bits per heavy atom. The van der Waals surface area contributed by atoms with E-state index in [2.05, 4.69) is 4.98 Å². The molecule has 2 aromatic heterocycles. The number of aldehydes is 1. The van der Waals surface area contributed by atoms with Crippen LogP contribution in [0.15, 0.2) is 16.6 Å². The summed E-state index contributed by atoms with van der Waals surface area (Å²) in [6, 6.07) is 0. The molecule has 0 aliphatic carbocycles. The number of methoxy groups -OCH3 is 1. The van der Waals surface area contributed by atoms with Crippen LogP contribution in [0.5, 0.6) is 0 Å². The van der Waals surface area contributed by atoms with Gasteiger partial charge in [0.25, 0.3) is 0 Å². The summed E-state index contributed by atoms with van der Waals surface area (Å²) in [5.41, 5.74) is 0.652. The van der Waals surface area contributed by atoms with Gasteiger partial charge in [-0.3, -0.25) is 9.20 Å². The normalized spacial score (nSPS) is 11.1. The van der Waals surface area contributed by atoms with Crippen LogP contribution in [0, 0.1) is 0 Å². The highest BCUT2D eigenvalue weighted by molar-refractivity contribution is 7.99. The van der Waals surface area contributed by atoms with Gasteiger partial charge in [0.2, 0.25) is 0 Å². The quantitative estimate of drug-likeness (QED) is 0.452. The van der Waals surface area contributed by atoms with E-state index in [4.69, 9.17) is 4.74 Å². The first kappa shape index (κ1) is 11.6. The second-order valence-corrected chi connectivity index (χ2v) is 5.13. The van der Waals surface area contributed by atoms with Crippen LogP contribution in [0.2, 0.25) is 0 Å². The molecule has 2 heterocycles. The molecule has 0 bridgehead atoms. The highest BCUT2D eigenvalue weighted by Crippen LogP contribution is 2.25. The van der Waals surface area contributed by atoms with Gasteiger partial charge in [0, 0.05) is 31.0 Å². The van der Waals surface area contributed by atoms with Gasteiger partial charge in [0.1, 0.15) is 10.7 Å². The number of rotatable bonds is 6. The Bertz CT molecular complexity index is 478. The standard InChI is InChI=1S/C10H12N2O2S2/c1-14-4-2-5-15-9-8(7-13)12-3-6-16-10(12)11-9/h3,6-7H,2,4-5H2,1H3. The van der Waals surface area contributed by atoms with E-state index in [1.165, 1.54) is 11.3 Å². The molecule has 0 saturated carbocycles. The van der Waals surface area contributed by atoms with Gasteiger partial charge in [-0.25, -0.2) is 4.98 Å². The molecule has 0 aliphatic rings. The third-order valence-electron chi connectivity index (χ3n) is 2.11. The maximum Gasteiger partial charge on any atom is 0.195 e. The summed E-state index contributed by atoms with van der Waals surface area (Å²) in [6.07, 6.45) is 3.70. The molecule has 0 spiro atoms. The van der Waals surface area contributed by atoms with Crippen molar-refractivity contribution in [2.75, 3.05) is 19.5 Å². The van der Waals surface area contributed by atoms with E-state index in [1.54, 1.807) is 18.9 Å². The SMILES string of the molecule is COCCCSc1nc2sccn2c1C=O. The molecule has 0 unspecified atom stereocenters. The number of hydrogen-bond acceptors (Lipinski definition) is 5. The Morgan fingerprint density at radius 2 is 2.56 bits per heavy atom. The zero-order valence-corrected chi connectivity index (χ0v) is 10.5. The number of fused-ring (bicyclic) bond motifs is 1. The second-order valence-electron chi connectivity index (χ2n) is 3.17. The average Bonchev–Trinajstić information content (AvgIpc) is 2.84. The van der Waals surface area contributed by atoms with Crippen molar-refractivity contribution in [1.29, 1.82) is 0 Å². The molecule has 0 saturated heterocycles. The summed E-state index contributed by atoms with van der Waals surface area (Å²) in [7, 11) is 1.69. The molecule has 0 fully saturated rings. The number of hydrogen-bond donors (Lipinski definition) is 0. The van der Waals surface area contributed by atoms with Gasteiger partial charge in [-0.15, -0.1) is 23.1 Å². The molecule has 2 rings (SSSR count). The number of imidazole rings is 1. The molecule has 0 aliphatic heterocycles. The Morgan fingerprint density at radius 1 is 1.69 bits per heavy atom. The summed E-state index contributed by atoms with van der Waals surface area (Å²) >= 11 is 3.14. The fourth-order valence-electron chi connectivity index (χ4n) is 1.37. The molecule has 0 atom stereocenters. The first-order chi connectivity index (χ1) is 7.86. The van der Waals surface area contributed by atoms with Gasteiger partial charge in [-0.05, 0) is 6.42 Å². The van der Waals surface area contributed by atoms with Crippen molar-refractivity contribution in [3.05, 3.63) is 17.3 Å². The number of aromatic nitrogens is 2. The average molecular weight is 256 g/mol. The summed E-state index contributed by atoms with van der Waals surface area (Å²) < 4.78 is 6.80. The van der Waals surface area contributed by atoms with Crippen LogP contribution < -0.4 is 0 Å². The van der Waals surface area contributed by atoms with Crippen LogP contribution in [0.3, 0.4) is 0 Å². The minimum absolute atomic E-state index is 0.652. The lowest BCUT2D eigenvalue weighted by Crippen LogP contribution is -1.92. The van der Waals surface area contributed by atoms with Crippen molar-refractivity contribution in [3.63, 3.8) is 0 Å². The summed E-state index contributed by atoms with van der Waals surface area (Å²) in [4.78, 5) is 16.3. The van der Waals surface area contributed by atoms with E-state index in [9.17, 15) is 4.79 Å². The minimum Gasteiger partial charge on any atom is -0.385 e. The van der Waals surface area contributed by atoms with Crippen LogP contribution in [-0.2, 0) is 4.74 Å². The van der Waals surface area contributed by atoms with E-state index in [0.29, 0.717) is 5.69 Å². The Kier molecular flexibility index (Phi) is 3.98. The fourth-order valence-corrected chi connectivity index (χ4v) is 3.05. The van der Waals surface area contributed by atoms with Crippen molar-refractivity contribution in [1.82, 2.24) is 9.38 Å². The summed E-state index contributed by atoms with van der Waals surface area (Å²) in [5.74, 6) is 0.916. The second kappa shape index (κ2) is 5.47. The predicted octanol–water partition coefficient (Wildman–Crippen LogP) is 2.34. The van der Waals surface area contributed by atoms with Gasteiger partial charge in [0.05, 0.1) is 0 Å². The van der Waals surface area contributed by atoms with Gasteiger partial charge < -0.3 is 4.74 Å². The van der Waals surface area contributed by atoms with E-state index in [-0.39, 0.29) is 0 Å². The van der Waals surface area contributed by atoms with Crippen molar-refractivity contribution < 1.29 is 9.53 Å². The lowest BCUT2D eigenvalue weighted by molar-refractivity contribution is 0.111. The monoisotopic (exact) mass is 256 g/mol. The number of ether oxygens (including phenoxy) is 1. The van der Waals surface area contributed by atoms with Gasteiger partial charge in [-0.2, -0.15) is 0 Å². The van der Waals surface area contributed by atoms with Crippen LogP contribution in [0.4, 0.5) is 0 Å². The number of thiazole rings is 1. The lowest BCUT2D eigenvalue weighted by Gasteiger charge is -1.98. The Balaban J connectivity index is 2.10. The predicted molar refractivity (Wildman–Crippen MR) is 65.7 cm³/mol. The zero-order valence-electron chi connectivity index (χ0n) is 8.88. The van der Waals surface area contributed by atoms with Gasteiger partial charge in [0.15, 0.2) is 11.2 Å². The molecule has 16 heavy (non-hydrogen) atoms. The van der Waals surface area contributed by atoms with Crippen LogP contribution in [-0.4, -0.2) is 35.1 Å². The molecule has 0 N–H and O–H groups in total. The third kappa shape index (κ3) is 2.28. The van der Waals surface area contributed by atoms with Crippen molar-refractivity contribution in [3.8, 4) is 0 Å². The number of thioether (sulfide) groups is 1. The highest BCUT2D eigenvalue weighted by atomic mass is 32.2. The maximum absolute atomic E-state index is 11.0. The Labute approximate surface area is 102 Å². The smallest absolute Gasteiger partial charge is 0.195 e. The third-order valence-corrected chi connectivity index (χ3v) is 3.93. The number of carbonyl (C=O) groups excluding carboxylic acids is 1. The van der Waals surface area contributed by atoms with Crippen LogP contribution in [0.25, 0.3) is 4.96 Å². The molecule has 6 heteroatoms. The van der Waals surface area contributed by atoms with E-state index >= 15 is 0 Å². The molecular weight excluding hydrogens is 244 g/mol. The summed E-state index contributed by atoms with van der Waals surface area (Å²) in [5, 5.41) is 2.74. The molecular formula is C10H12N2O2S2. The van der Waals surface area contributed by atoms with E-state index in [0.717, 1.165) is 35.1 Å². The van der Waals surface area contributed by atoms with E-state index < -0.39 is 0 Å². The molecule has 0 amide bonds. The first-order valence-corrected chi connectivity index (χ1v) is 6.76. The van der Waals surface area contributed by atoms with Gasteiger partial charge in [-0.1, -0.05) is 0 Å². The highest BCUT2D eigenvalue weighted by Gasteiger charge is 2.12. The minimum atomic E-state index is 0.652. The number of carbonyl (C=O) groups is 1. The maximum atomic E-state index is 11.0. The molecule has 4 nitrogen and oxygen atoms in total. The summed E-state index contributed by atoms with van der Waals surface area (Å²) in [6.45, 7) is 0.742. The number of nitrogens with zero attached hydrogens (tertiary/aromatic N) is 2. The van der Waals surface area contributed by atoms with E-state index in [1.807, 2.05) is 16.0 Å². The van der Waals surface area contributed by atoms with Crippen molar-refractivity contribution in [2.24, 2.45) is 0 Å². The molecule has 86 valence electrons. The largest absolute Gasteiger partial charge is 0.385 e. The topological polar surface area (TPSA) is 43.6 Å². The van der Waals surface area contributed by atoms with Crippen molar-refractivity contribution >= 4 is 34.3 Å². The fraction of sp³-hybridized carbons (Fsp3) is 0.400. The van der Waals surface area contributed by atoms with Crippen molar-refractivity contribution in [2.45, 2.75) is 11.4 Å². The molecule has 0 aromatic carbocycles. The van der Waals surface area contributed by atoms with Crippen LogP contribution >= 0.6 is 23.1 Å². The zero-order chi connectivity index (χ0) is 11.4. The van der Waals surface area contributed by atoms with Crippen LogP contribution in [0.1, 0.15) is 16.9 Å². The first-order valence-electron chi connectivity index (χ1n) is 4.89. The molecule has 0 radical (unpaired) electrons.